The lowest BCUT2D eigenvalue weighted by Gasteiger charge is -2.26. The number of hydrogen-bond acceptors (Lipinski definition) is 2. The van der Waals surface area contributed by atoms with Crippen LogP contribution in [-0.4, -0.2) is 20.2 Å². The molecule has 1 heterocycles. The first kappa shape index (κ1) is 10.2. The topological polar surface area (TPSA) is 21.3 Å². The summed E-state index contributed by atoms with van der Waals surface area (Å²) in [6.45, 7) is 1.97. The van der Waals surface area contributed by atoms with Crippen molar-refractivity contribution in [2.24, 2.45) is 0 Å². The van der Waals surface area contributed by atoms with Crippen molar-refractivity contribution in [2.75, 3.05) is 20.2 Å². The van der Waals surface area contributed by atoms with Gasteiger partial charge in [0.25, 0.3) is 0 Å². The second kappa shape index (κ2) is 4.10. The lowest BCUT2D eigenvalue weighted by atomic mass is 9.81. The molecule has 3 rings (SSSR count). The molecule has 0 bridgehead atoms. The van der Waals surface area contributed by atoms with Crippen molar-refractivity contribution >= 4 is 0 Å². The molecule has 1 aromatic carbocycles. The Kier molecular flexibility index (Phi) is 2.60. The Bertz CT molecular complexity index is 400. The summed E-state index contributed by atoms with van der Waals surface area (Å²) in [5, 5.41) is 3.31. The Balaban J connectivity index is 2.02. The third-order valence-electron chi connectivity index (χ3n) is 3.87. The van der Waals surface area contributed by atoms with Gasteiger partial charge in [0.2, 0.25) is 0 Å². The summed E-state index contributed by atoms with van der Waals surface area (Å²) in [4.78, 5) is 0. The molecule has 0 radical (unpaired) electrons. The van der Waals surface area contributed by atoms with Crippen LogP contribution in [0.2, 0.25) is 0 Å². The highest BCUT2D eigenvalue weighted by molar-refractivity contribution is 5.50. The summed E-state index contributed by atoms with van der Waals surface area (Å²) in [5.74, 6) is 1.90. The fraction of sp³-hybridized carbons (Fsp3) is 0.571. The van der Waals surface area contributed by atoms with Crippen LogP contribution in [-0.2, 0) is 12.8 Å². The smallest absolute Gasteiger partial charge is 0.126 e. The van der Waals surface area contributed by atoms with E-state index in [-0.39, 0.29) is 0 Å². The van der Waals surface area contributed by atoms with E-state index < -0.39 is 0 Å². The summed E-state index contributed by atoms with van der Waals surface area (Å²) in [6, 6.07) is 4.61. The molecule has 0 saturated carbocycles. The first-order chi connectivity index (χ1) is 7.90. The predicted molar refractivity (Wildman–Crippen MR) is 65.2 cm³/mol. The van der Waals surface area contributed by atoms with Crippen molar-refractivity contribution in [2.45, 2.75) is 31.6 Å². The van der Waals surface area contributed by atoms with Crippen LogP contribution in [0.1, 0.15) is 35.4 Å². The van der Waals surface area contributed by atoms with E-state index in [1.165, 1.54) is 41.7 Å². The van der Waals surface area contributed by atoms with Crippen LogP contribution in [0.5, 0.6) is 5.75 Å². The minimum Gasteiger partial charge on any atom is -0.493 e. The molecule has 2 heteroatoms. The van der Waals surface area contributed by atoms with Crippen molar-refractivity contribution in [3.8, 4) is 5.75 Å². The van der Waals surface area contributed by atoms with Crippen LogP contribution in [0, 0.1) is 0 Å². The average Bonchev–Trinajstić information content (AvgIpc) is 2.78. The molecule has 0 spiro atoms. The molecule has 86 valence electrons. The Morgan fingerprint density at radius 3 is 3.19 bits per heavy atom. The molecule has 1 aliphatic heterocycles. The van der Waals surface area contributed by atoms with Crippen LogP contribution < -0.4 is 10.1 Å². The van der Waals surface area contributed by atoms with Gasteiger partial charge in [0.05, 0.1) is 6.61 Å². The van der Waals surface area contributed by atoms with E-state index in [1.807, 2.05) is 7.05 Å². The molecule has 0 amide bonds. The molecule has 2 nitrogen and oxygen atoms in total. The van der Waals surface area contributed by atoms with Crippen molar-refractivity contribution in [1.82, 2.24) is 5.32 Å². The fourth-order valence-corrected chi connectivity index (χ4v) is 3.11. The zero-order valence-corrected chi connectivity index (χ0v) is 9.88. The minimum absolute atomic E-state index is 0.684. The van der Waals surface area contributed by atoms with Gasteiger partial charge in [-0.3, -0.25) is 0 Å². The minimum atomic E-state index is 0.684. The second-order valence-corrected chi connectivity index (χ2v) is 4.87. The van der Waals surface area contributed by atoms with E-state index >= 15 is 0 Å². The Hall–Kier alpha value is -1.02. The van der Waals surface area contributed by atoms with Gasteiger partial charge in [0.15, 0.2) is 0 Å². The van der Waals surface area contributed by atoms with E-state index in [4.69, 9.17) is 4.74 Å². The van der Waals surface area contributed by atoms with Crippen molar-refractivity contribution in [1.29, 1.82) is 0 Å². The van der Waals surface area contributed by atoms with Gasteiger partial charge >= 0.3 is 0 Å². The third kappa shape index (κ3) is 1.52. The SMILES string of the molecule is CNC[C@@H]1CCCc2c1ccc1c2OCC1. The van der Waals surface area contributed by atoms with Gasteiger partial charge in [0.1, 0.15) is 5.75 Å². The van der Waals surface area contributed by atoms with Gasteiger partial charge in [-0.2, -0.15) is 0 Å². The molecular weight excluding hydrogens is 198 g/mol. The number of benzene rings is 1. The quantitative estimate of drug-likeness (QED) is 0.820. The van der Waals surface area contributed by atoms with E-state index in [2.05, 4.69) is 17.4 Å². The standard InChI is InChI=1S/C14H19NO/c1-15-9-11-3-2-4-13-12(11)6-5-10-7-8-16-14(10)13/h5-6,11,15H,2-4,7-9H2,1H3/t11-/m0/s1. The number of rotatable bonds is 2. The first-order valence-electron chi connectivity index (χ1n) is 6.32. The monoisotopic (exact) mass is 217 g/mol. The lowest BCUT2D eigenvalue weighted by molar-refractivity contribution is 0.350. The number of nitrogens with one attached hydrogen (secondary N) is 1. The van der Waals surface area contributed by atoms with Crippen molar-refractivity contribution < 1.29 is 4.74 Å². The Morgan fingerprint density at radius 2 is 2.31 bits per heavy atom. The van der Waals surface area contributed by atoms with E-state index in [0.29, 0.717) is 5.92 Å². The van der Waals surface area contributed by atoms with Crippen LogP contribution in [0.25, 0.3) is 0 Å². The van der Waals surface area contributed by atoms with Crippen LogP contribution in [0.4, 0.5) is 0 Å². The van der Waals surface area contributed by atoms with E-state index in [1.54, 1.807) is 0 Å². The third-order valence-corrected chi connectivity index (χ3v) is 3.87. The zero-order valence-electron chi connectivity index (χ0n) is 9.88. The second-order valence-electron chi connectivity index (χ2n) is 4.87. The van der Waals surface area contributed by atoms with Crippen molar-refractivity contribution in [3.05, 3.63) is 28.8 Å². The van der Waals surface area contributed by atoms with Gasteiger partial charge in [-0.25, -0.2) is 0 Å². The lowest BCUT2D eigenvalue weighted by Crippen LogP contribution is -2.21. The summed E-state index contributed by atoms with van der Waals surface area (Å²) >= 11 is 0. The molecule has 2 aliphatic rings. The number of hydrogen-bond donors (Lipinski definition) is 1. The summed E-state index contributed by atoms with van der Waals surface area (Å²) in [6.07, 6.45) is 4.92. The fourth-order valence-electron chi connectivity index (χ4n) is 3.11. The first-order valence-corrected chi connectivity index (χ1v) is 6.32. The van der Waals surface area contributed by atoms with E-state index in [9.17, 15) is 0 Å². The molecular formula is C14H19NO. The van der Waals surface area contributed by atoms with Gasteiger partial charge < -0.3 is 10.1 Å². The summed E-state index contributed by atoms with van der Waals surface area (Å²) < 4.78 is 5.80. The molecule has 1 aromatic rings. The van der Waals surface area contributed by atoms with E-state index in [0.717, 1.165) is 19.6 Å². The maximum Gasteiger partial charge on any atom is 0.126 e. The zero-order chi connectivity index (χ0) is 11.0. The molecule has 1 aliphatic carbocycles. The Labute approximate surface area is 97.0 Å². The molecule has 0 fully saturated rings. The van der Waals surface area contributed by atoms with Gasteiger partial charge in [0, 0.05) is 13.0 Å². The van der Waals surface area contributed by atoms with Gasteiger partial charge in [-0.05, 0) is 48.9 Å². The molecule has 1 N–H and O–H groups in total. The number of ether oxygens (including phenoxy) is 1. The highest BCUT2D eigenvalue weighted by Gasteiger charge is 2.26. The van der Waals surface area contributed by atoms with Crippen LogP contribution >= 0.6 is 0 Å². The molecule has 0 unspecified atom stereocenters. The number of fused-ring (bicyclic) bond motifs is 3. The van der Waals surface area contributed by atoms with Gasteiger partial charge in [-0.1, -0.05) is 12.1 Å². The summed E-state index contributed by atoms with van der Waals surface area (Å²) in [5.41, 5.74) is 4.45. The normalized spacial score (nSPS) is 22.4. The van der Waals surface area contributed by atoms with Gasteiger partial charge in [-0.15, -0.1) is 0 Å². The molecule has 0 aromatic heterocycles. The average molecular weight is 217 g/mol. The molecule has 1 atom stereocenters. The Morgan fingerprint density at radius 1 is 1.38 bits per heavy atom. The van der Waals surface area contributed by atoms with Crippen LogP contribution in [0.3, 0.4) is 0 Å². The van der Waals surface area contributed by atoms with Crippen molar-refractivity contribution in [3.63, 3.8) is 0 Å². The maximum atomic E-state index is 5.80. The predicted octanol–water partition coefficient (Wildman–Crippen LogP) is 2.26. The summed E-state index contributed by atoms with van der Waals surface area (Å²) in [7, 11) is 2.04. The molecule has 16 heavy (non-hydrogen) atoms. The largest absolute Gasteiger partial charge is 0.493 e. The molecule has 0 saturated heterocycles. The highest BCUT2D eigenvalue weighted by atomic mass is 16.5. The number of likely N-dealkylation sites (N-methyl/N-ethyl adjacent to an activating group) is 1. The maximum absolute atomic E-state index is 5.80. The highest BCUT2D eigenvalue weighted by Crippen LogP contribution is 2.40. The van der Waals surface area contributed by atoms with Crippen LogP contribution in [0.15, 0.2) is 12.1 Å².